The largest absolute Gasteiger partial charge is 0.496 e. The van der Waals surface area contributed by atoms with Gasteiger partial charge in [0, 0.05) is 29.8 Å². The van der Waals surface area contributed by atoms with Crippen LogP contribution >= 0.6 is 0 Å². The van der Waals surface area contributed by atoms with Crippen LogP contribution < -0.4 is 24.2 Å². The van der Waals surface area contributed by atoms with Crippen molar-refractivity contribution in [3.63, 3.8) is 0 Å². The Kier molecular flexibility index (Phi) is 6.29. The Morgan fingerprint density at radius 2 is 1.55 bits per heavy atom. The minimum Gasteiger partial charge on any atom is -0.496 e. The first-order valence-corrected chi connectivity index (χ1v) is 10.6. The molecule has 0 saturated heterocycles. The number of rotatable bonds is 9. The van der Waals surface area contributed by atoms with Gasteiger partial charge < -0.3 is 19.5 Å². The number of benzene rings is 2. The number of sulfonamides is 1. The van der Waals surface area contributed by atoms with Crippen LogP contribution in [0.3, 0.4) is 0 Å². The molecule has 1 aliphatic rings. The number of nitrogens with one attached hydrogen (secondary N) is 2. The molecule has 0 unspecified atom stereocenters. The highest BCUT2D eigenvalue weighted by atomic mass is 32.2. The van der Waals surface area contributed by atoms with Crippen molar-refractivity contribution in [2.24, 2.45) is 0 Å². The van der Waals surface area contributed by atoms with Crippen LogP contribution in [0, 0.1) is 0 Å². The van der Waals surface area contributed by atoms with Gasteiger partial charge in [-0.3, -0.25) is 4.79 Å². The number of ether oxygens (including phenoxy) is 3. The fourth-order valence-corrected chi connectivity index (χ4v) is 4.09. The third kappa shape index (κ3) is 4.99. The fraction of sp³-hybridized carbons (Fsp3) is 0.350. The molecule has 8 nitrogen and oxygen atoms in total. The highest BCUT2D eigenvalue weighted by Gasteiger charge is 2.28. The van der Waals surface area contributed by atoms with Crippen LogP contribution in [0.5, 0.6) is 17.2 Å². The second kappa shape index (κ2) is 8.71. The van der Waals surface area contributed by atoms with Gasteiger partial charge in [0.2, 0.25) is 10.0 Å². The minimum atomic E-state index is -3.54. The molecule has 1 aliphatic carbocycles. The summed E-state index contributed by atoms with van der Waals surface area (Å²) in [4.78, 5) is 12.6. The van der Waals surface area contributed by atoms with E-state index in [4.69, 9.17) is 14.2 Å². The van der Waals surface area contributed by atoms with Crippen LogP contribution in [-0.2, 0) is 16.6 Å². The maximum Gasteiger partial charge on any atom is 0.251 e. The lowest BCUT2D eigenvalue weighted by Gasteiger charge is -2.14. The van der Waals surface area contributed by atoms with Gasteiger partial charge in [-0.25, -0.2) is 13.1 Å². The monoisotopic (exact) mass is 420 g/mol. The summed E-state index contributed by atoms with van der Waals surface area (Å²) in [5.74, 6) is 1.27. The molecule has 3 rings (SSSR count). The standard InChI is InChI=1S/C20H24N2O6S/c1-26-17-11-19(28-3)18(27-2)10-14(17)12-21-20(23)13-4-8-16(9-5-13)29(24,25)22-15-6-7-15/h4-5,8-11,15,22H,6-7,12H2,1-3H3,(H,21,23). The smallest absolute Gasteiger partial charge is 0.251 e. The van der Waals surface area contributed by atoms with Gasteiger partial charge in [0.05, 0.1) is 26.2 Å². The Morgan fingerprint density at radius 1 is 0.966 bits per heavy atom. The molecule has 156 valence electrons. The minimum absolute atomic E-state index is 0.0273. The Labute approximate surface area is 170 Å². The first-order chi connectivity index (χ1) is 13.9. The first kappa shape index (κ1) is 20.9. The Balaban J connectivity index is 1.69. The average Bonchev–Trinajstić information content (AvgIpc) is 3.54. The molecule has 2 aromatic rings. The SMILES string of the molecule is COc1cc(OC)c(OC)cc1CNC(=O)c1ccc(S(=O)(=O)NC2CC2)cc1. The van der Waals surface area contributed by atoms with E-state index in [-0.39, 0.29) is 23.4 Å². The molecule has 2 N–H and O–H groups in total. The van der Waals surface area contributed by atoms with Gasteiger partial charge in [0.25, 0.3) is 5.91 Å². The molecule has 0 radical (unpaired) electrons. The van der Waals surface area contributed by atoms with Crippen molar-refractivity contribution in [1.82, 2.24) is 10.0 Å². The summed E-state index contributed by atoms with van der Waals surface area (Å²) in [7, 11) is 1.05. The summed E-state index contributed by atoms with van der Waals surface area (Å²) in [6.07, 6.45) is 1.72. The molecule has 0 heterocycles. The molecule has 0 atom stereocenters. The zero-order valence-corrected chi connectivity index (χ0v) is 17.3. The average molecular weight is 420 g/mol. The molecule has 0 aliphatic heterocycles. The molecule has 1 saturated carbocycles. The number of carbonyl (C=O) groups excluding carboxylic acids is 1. The highest BCUT2D eigenvalue weighted by Crippen LogP contribution is 2.34. The lowest BCUT2D eigenvalue weighted by molar-refractivity contribution is 0.0950. The number of carbonyl (C=O) groups is 1. The van der Waals surface area contributed by atoms with E-state index in [1.165, 1.54) is 45.6 Å². The van der Waals surface area contributed by atoms with E-state index in [0.29, 0.717) is 28.4 Å². The van der Waals surface area contributed by atoms with Crippen LogP contribution in [0.15, 0.2) is 41.3 Å². The molecule has 9 heteroatoms. The van der Waals surface area contributed by atoms with Crippen LogP contribution in [0.25, 0.3) is 0 Å². The lowest BCUT2D eigenvalue weighted by Crippen LogP contribution is -2.26. The Morgan fingerprint density at radius 3 is 2.10 bits per heavy atom. The first-order valence-electron chi connectivity index (χ1n) is 9.07. The van der Waals surface area contributed by atoms with E-state index in [0.717, 1.165) is 12.8 Å². The zero-order chi connectivity index (χ0) is 21.0. The molecular weight excluding hydrogens is 396 g/mol. The van der Waals surface area contributed by atoms with E-state index < -0.39 is 10.0 Å². The predicted molar refractivity (Wildman–Crippen MR) is 107 cm³/mol. The maximum absolute atomic E-state index is 12.5. The van der Waals surface area contributed by atoms with Crippen molar-refractivity contribution in [2.45, 2.75) is 30.3 Å². The summed E-state index contributed by atoms with van der Waals surface area (Å²) in [6, 6.07) is 9.28. The summed E-state index contributed by atoms with van der Waals surface area (Å²) in [6.45, 7) is 0.200. The van der Waals surface area contributed by atoms with E-state index in [1.807, 2.05) is 0 Å². The van der Waals surface area contributed by atoms with Gasteiger partial charge in [-0.2, -0.15) is 0 Å². The molecular formula is C20H24N2O6S. The summed E-state index contributed by atoms with van der Waals surface area (Å²) in [5.41, 5.74) is 1.07. The molecule has 1 fully saturated rings. The van der Waals surface area contributed by atoms with Crippen LogP contribution in [0.1, 0.15) is 28.8 Å². The second-order valence-corrected chi connectivity index (χ2v) is 8.34. The maximum atomic E-state index is 12.5. The Hall–Kier alpha value is -2.78. The summed E-state index contributed by atoms with van der Waals surface area (Å²) in [5, 5.41) is 2.80. The molecule has 0 aromatic heterocycles. The predicted octanol–water partition coefficient (Wildman–Crippen LogP) is 2.08. The van der Waals surface area contributed by atoms with E-state index in [2.05, 4.69) is 10.0 Å². The van der Waals surface area contributed by atoms with Gasteiger partial charge in [0.15, 0.2) is 11.5 Å². The summed E-state index contributed by atoms with van der Waals surface area (Å²) < 4.78 is 42.9. The highest BCUT2D eigenvalue weighted by molar-refractivity contribution is 7.89. The van der Waals surface area contributed by atoms with Crippen molar-refractivity contribution in [3.8, 4) is 17.2 Å². The van der Waals surface area contributed by atoms with Gasteiger partial charge in [0.1, 0.15) is 5.75 Å². The lowest BCUT2D eigenvalue weighted by atomic mass is 10.1. The molecule has 29 heavy (non-hydrogen) atoms. The third-order valence-corrected chi connectivity index (χ3v) is 6.09. The van der Waals surface area contributed by atoms with Crippen molar-refractivity contribution < 1.29 is 27.4 Å². The van der Waals surface area contributed by atoms with Crippen molar-refractivity contribution in [3.05, 3.63) is 47.5 Å². The molecule has 1 amide bonds. The molecule has 2 aromatic carbocycles. The Bertz CT molecular complexity index is 985. The number of hydrogen-bond donors (Lipinski definition) is 2. The zero-order valence-electron chi connectivity index (χ0n) is 16.5. The number of hydrogen-bond acceptors (Lipinski definition) is 6. The molecule has 0 spiro atoms. The van der Waals surface area contributed by atoms with Gasteiger partial charge in [-0.15, -0.1) is 0 Å². The third-order valence-electron chi connectivity index (χ3n) is 4.55. The van der Waals surface area contributed by atoms with Crippen LogP contribution in [0.4, 0.5) is 0 Å². The van der Waals surface area contributed by atoms with Crippen molar-refractivity contribution in [2.75, 3.05) is 21.3 Å². The van der Waals surface area contributed by atoms with Crippen LogP contribution in [-0.4, -0.2) is 41.7 Å². The number of amides is 1. The van der Waals surface area contributed by atoms with Crippen LogP contribution in [0.2, 0.25) is 0 Å². The fourth-order valence-electron chi connectivity index (χ4n) is 2.78. The topological polar surface area (TPSA) is 103 Å². The quantitative estimate of drug-likeness (QED) is 0.644. The van der Waals surface area contributed by atoms with Gasteiger partial charge in [-0.1, -0.05) is 0 Å². The van der Waals surface area contributed by atoms with Gasteiger partial charge >= 0.3 is 0 Å². The molecule has 0 bridgehead atoms. The van der Waals surface area contributed by atoms with E-state index in [1.54, 1.807) is 12.1 Å². The van der Waals surface area contributed by atoms with E-state index in [9.17, 15) is 13.2 Å². The van der Waals surface area contributed by atoms with E-state index >= 15 is 0 Å². The second-order valence-electron chi connectivity index (χ2n) is 6.62. The van der Waals surface area contributed by atoms with Gasteiger partial charge in [-0.05, 0) is 43.2 Å². The van der Waals surface area contributed by atoms with Crippen molar-refractivity contribution >= 4 is 15.9 Å². The normalized spacial score (nSPS) is 13.6. The van der Waals surface area contributed by atoms with Crippen molar-refractivity contribution in [1.29, 1.82) is 0 Å². The number of methoxy groups -OCH3 is 3. The summed E-state index contributed by atoms with van der Waals surface area (Å²) >= 11 is 0.